The van der Waals surface area contributed by atoms with Crippen LogP contribution in [0.4, 0.5) is 0 Å². The van der Waals surface area contributed by atoms with E-state index >= 15 is 0 Å². The van der Waals surface area contributed by atoms with Crippen LogP contribution in [0.1, 0.15) is 27.0 Å². The first-order chi connectivity index (χ1) is 15.2. The van der Waals surface area contributed by atoms with Crippen molar-refractivity contribution >= 4 is 17.9 Å². The second-order valence-electron chi connectivity index (χ2n) is 6.96. The van der Waals surface area contributed by atoms with E-state index in [0.29, 0.717) is 23.7 Å². The lowest BCUT2D eigenvalue weighted by atomic mass is 10.1. The highest BCUT2D eigenvalue weighted by molar-refractivity contribution is 6.12. The summed E-state index contributed by atoms with van der Waals surface area (Å²) in [4.78, 5) is 12.6. The summed E-state index contributed by atoms with van der Waals surface area (Å²) in [5.74, 6) is 2.04. The molecule has 0 spiro atoms. The van der Waals surface area contributed by atoms with Gasteiger partial charge in [0.1, 0.15) is 23.9 Å². The number of hydrogen-bond acceptors (Lipinski definition) is 4. The molecule has 4 heteroatoms. The van der Waals surface area contributed by atoms with Gasteiger partial charge in [0.2, 0.25) is 5.78 Å². The van der Waals surface area contributed by atoms with Gasteiger partial charge in [0, 0.05) is 11.6 Å². The van der Waals surface area contributed by atoms with E-state index in [4.69, 9.17) is 14.2 Å². The van der Waals surface area contributed by atoms with Crippen molar-refractivity contribution in [2.45, 2.75) is 6.61 Å². The van der Waals surface area contributed by atoms with Crippen LogP contribution in [-0.4, -0.2) is 12.9 Å². The number of fused-ring (bicyclic) bond motifs is 1. The summed E-state index contributed by atoms with van der Waals surface area (Å²) in [5, 5.41) is 0. The molecule has 0 atom stereocenters. The van der Waals surface area contributed by atoms with Crippen LogP contribution in [0.25, 0.3) is 12.2 Å². The third kappa shape index (κ3) is 4.59. The molecule has 0 saturated carbocycles. The third-order valence-electron chi connectivity index (χ3n) is 4.92. The highest BCUT2D eigenvalue weighted by atomic mass is 16.5. The van der Waals surface area contributed by atoms with Gasteiger partial charge in [-0.1, -0.05) is 67.3 Å². The van der Waals surface area contributed by atoms with Crippen molar-refractivity contribution in [3.63, 3.8) is 0 Å². The minimum atomic E-state index is -0.147. The van der Waals surface area contributed by atoms with Crippen LogP contribution < -0.4 is 14.2 Å². The molecule has 0 bridgehead atoms. The quantitative estimate of drug-likeness (QED) is 0.442. The third-order valence-corrected chi connectivity index (χ3v) is 4.92. The first-order valence-electron chi connectivity index (χ1n) is 9.90. The molecule has 1 heterocycles. The number of carbonyl (C=O) groups is 1. The van der Waals surface area contributed by atoms with Crippen molar-refractivity contribution in [2.24, 2.45) is 0 Å². The fraction of sp³-hybridized carbons (Fsp3) is 0.0741. The van der Waals surface area contributed by atoms with Gasteiger partial charge >= 0.3 is 0 Å². The molecule has 1 aliphatic heterocycles. The Hall–Kier alpha value is -4.05. The maximum atomic E-state index is 12.6. The van der Waals surface area contributed by atoms with E-state index in [9.17, 15) is 4.79 Å². The van der Waals surface area contributed by atoms with Crippen molar-refractivity contribution in [3.05, 3.63) is 113 Å². The van der Waals surface area contributed by atoms with Gasteiger partial charge in [-0.05, 0) is 35.4 Å². The number of methoxy groups -OCH3 is 1. The van der Waals surface area contributed by atoms with Gasteiger partial charge in [0.05, 0.1) is 12.7 Å². The molecular weight excluding hydrogens is 388 g/mol. The van der Waals surface area contributed by atoms with Gasteiger partial charge < -0.3 is 14.2 Å². The first-order valence-corrected chi connectivity index (χ1v) is 9.90. The average Bonchev–Trinajstić information content (AvgIpc) is 3.13. The molecule has 0 aliphatic carbocycles. The highest BCUT2D eigenvalue weighted by Crippen LogP contribution is 2.34. The number of ketones is 1. The molecule has 0 fully saturated rings. The van der Waals surface area contributed by atoms with Crippen LogP contribution in [0.3, 0.4) is 0 Å². The van der Waals surface area contributed by atoms with E-state index in [0.717, 1.165) is 22.4 Å². The van der Waals surface area contributed by atoms with Gasteiger partial charge in [-0.25, -0.2) is 0 Å². The van der Waals surface area contributed by atoms with Crippen molar-refractivity contribution in [1.82, 2.24) is 0 Å². The zero-order valence-corrected chi connectivity index (χ0v) is 17.2. The van der Waals surface area contributed by atoms with E-state index in [2.05, 4.69) is 6.58 Å². The largest absolute Gasteiger partial charge is 0.496 e. The number of Topliss-reactive ketones (excluding diaryl/α,β-unsaturated/α-hetero) is 1. The van der Waals surface area contributed by atoms with Crippen LogP contribution in [0, 0.1) is 0 Å². The number of carbonyl (C=O) groups excluding carboxylic acids is 1. The molecule has 3 aromatic rings. The lowest BCUT2D eigenvalue weighted by molar-refractivity contribution is 0.101. The Morgan fingerprint density at radius 1 is 1.03 bits per heavy atom. The Balaban J connectivity index is 1.44. The van der Waals surface area contributed by atoms with Gasteiger partial charge in [-0.3, -0.25) is 4.79 Å². The molecule has 0 saturated heterocycles. The van der Waals surface area contributed by atoms with E-state index < -0.39 is 0 Å². The van der Waals surface area contributed by atoms with Crippen molar-refractivity contribution in [1.29, 1.82) is 0 Å². The lowest BCUT2D eigenvalue weighted by Gasteiger charge is -2.07. The molecule has 31 heavy (non-hydrogen) atoms. The SMILES string of the molecule is C=Cc1ccc(COc2ccc3c(c2)O/C(=C/C=C/c2ccccc2OC)C3=O)cc1. The van der Waals surface area contributed by atoms with Crippen molar-refractivity contribution in [2.75, 3.05) is 7.11 Å². The molecule has 3 aromatic carbocycles. The Labute approximate surface area is 181 Å². The Morgan fingerprint density at radius 3 is 2.61 bits per heavy atom. The fourth-order valence-electron chi connectivity index (χ4n) is 3.23. The maximum absolute atomic E-state index is 12.6. The molecule has 4 rings (SSSR count). The van der Waals surface area contributed by atoms with E-state index in [-0.39, 0.29) is 11.5 Å². The summed E-state index contributed by atoms with van der Waals surface area (Å²) in [6.45, 7) is 4.18. The Bertz CT molecular complexity index is 1170. The predicted octanol–water partition coefficient (Wildman–Crippen LogP) is 6.09. The maximum Gasteiger partial charge on any atom is 0.231 e. The highest BCUT2D eigenvalue weighted by Gasteiger charge is 2.27. The minimum absolute atomic E-state index is 0.147. The summed E-state index contributed by atoms with van der Waals surface area (Å²) in [6.07, 6.45) is 7.12. The molecule has 0 unspecified atom stereocenters. The van der Waals surface area contributed by atoms with Gasteiger partial charge in [0.15, 0.2) is 5.76 Å². The zero-order valence-electron chi connectivity index (χ0n) is 17.2. The van der Waals surface area contributed by atoms with E-state index in [1.807, 2.05) is 54.6 Å². The van der Waals surface area contributed by atoms with Crippen LogP contribution in [0.2, 0.25) is 0 Å². The number of benzene rings is 3. The minimum Gasteiger partial charge on any atom is -0.496 e. The summed E-state index contributed by atoms with van der Waals surface area (Å²) < 4.78 is 17.0. The first kappa shape index (κ1) is 20.2. The molecule has 0 amide bonds. The topological polar surface area (TPSA) is 44.8 Å². The number of para-hydroxylation sites is 1. The monoisotopic (exact) mass is 410 g/mol. The second-order valence-corrected chi connectivity index (χ2v) is 6.96. The molecule has 0 radical (unpaired) electrons. The second kappa shape index (κ2) is 9.18. The zero-order chi connectivity index (χ0) is 21.6. The van der Waals surface area contributed by atoms with Crippen LogP contribution >= 0.6 is 0 Å². The number of allylic oxidation sites excluding steroid dienone is 3. The summed E-state index contributed by atoms with van der Waals surface area (Å²) in [6, 6.07) is 20.9. The van der Waals surface area contributed by atoms with Crippen molar-refractivity contribution < 1.29 is 19.0 Å². The van der Waals surface area contributed by atoms with Crippen LogP contribution in [0.5, 0.6) is 17.2 Å². The number of rotatable bonds is 7. The number of hydrogen-bond donors (Lipinski definition) is 0. The van der Waals surface area contributed by atoms with Gasteiger partial charge in [0.25, 0.3) is 0 Å². The molecule has 154 valence electrons. The van der Waals surface area contributed by atoms with E-state index in [1.165, 1.54) is 0 Å². The van der Waals surface area contributed by atoms with Crippen LogP contribution in [-0.2, 0) is 6.61 Å². The number of ether oxygens (including phenoxy) is 3. The van der Waals surface area contributed by atoms with E-state index in [1.54, 1.807) is 43.5 Å². The normalized spacial score (nSPS) is 13.8. The van der Waals surface area contributed by atoms with Crippen LogP contribution in [0.15, 0.2) is 91.2 Å². The summed E-state index contributed by atoms with van der Waals surface area (Å²) in [5.41, 5.74) is 3.55. The fourth-order valence-corrected chi connectivity index (χ4v) is 3.23. The predicted molar refractivity (Wildman–Crippen MR) is 122 cm³/mol. The average molecular weight is 410 g/mol. The Morgan fingerprint density at radius 2 is 1.84 bits per heavy atom. The smallest absolute Gasteiger partial charge is 0.231 e. The summed E-state index contributed by atoms with van der Waals surface area (Å²) in [7, 11) is 1.63. The van der Waals surface area contributed by atoms with Crippen molar-refractivity contribution in [3.8, 4) is 17.2 Å². The Kier molecular flexibility index (Phi) is 5.99. The molecular formula is C27H22O4. The lowest BCUT2D eigenvalue weighted by Crippen LogP contribution is -1.97. The molecule has 0 aromatic heterocycles. The summed E-state index contributed by atoms with van der Waals surface area (Å²) >= 11 is 0. The van der Waals surface area contributed by atoms with Gasteiger partial charge in [-0.2, -0.15) is 0 Å². The molecule has 4 nitrogen and oxygen atoms in total. The molecule has 1 aliphatic rings. The standard InChI is InChI=1S/C27H22O4/c1-3-19-11-13-20(14-12-19)18-30-22-15-16-23-26(17-22)31-25(27(23)28)10-6-8-21-7-4-5-9-24(21)29-2/h3-17H,1,18H2,2H3/b8-6+,25-10+. The molecule has 0 N–H and O–H groups in total. The van der Waals surface area contributed by atoms with Gasteiger partial charge in [-0.15, -0.1) is 0 Å².